The minimum atomic E-state index is -3.80. The van der Waals surface area contributed by atoms with Gasteiger partial charge in [0, 0.05) is 0 Å². The first kappa shape index (κ1) is 17.9. The summed E-state index contributed by atoms with van der Waals surface area (Å²) in [4.78, 5) is 0.265. The molecule has 0 heterocycles. The van der Waals surface area contributed by atoms with E-state index in [9.17, 15) is 12.8 Å². The van der Waals surface area contributed by atoms with E-state index in [0.29, 0.717) is 0 Å². The summed E-state index contributed by atoms with van der Waals surface area (Å²) in [5, 5.41) is 0. The van der Waals surface area contributed by atoms with Gasteiger partial charge in [-0.3, -0.25) is 4.72 Å². The molecule has 124 valence electrons. The molecule has 2 aromatic carbocycles. The molecule has 0 atom stereocenters. The zero-order valence-corrected chi connectivity index (χ0v) is 16.1. The Morgan fingerprint density at radius 3 is 1.87 bits per heavy atom. The van der Waals surface area contributed by atoms with Crippen molar-refractivity contribution in [2.45, 2.75) is 39.5 Å². The van der Waals surface area contributed by atoms with Gasteiger partial charge in [0.2, 0.25) is 0 Å². The summed E-state index contributed by atoms with van der Waals surface area (Å²) in [6.45, 7) is 9.40. The Hall–Kier alpha value is -1.40. The third-order valence-electron chi connectivity index (χ3n) is 4.37. The summed E-state index contributed by atoms with van der Waals surface area (Å²) < 4.78 is 42.0. The van der Waals surface area contributed by atoms with Gasteiger partial charge in [-0.15, -0.1) is 0 Å². The maximum Gasteiger partial charge on any atom is 0.262 e. The van der Waals surface area contributed by atoms with Crippen LogP contribution in [0.5, 0.6) is 0 Å². The molecule has 0 saturated carbocycles. The van der Waals surface area contributed by atoms with E-state index in [4.69, 9.17) is 0 Å². The maximum absolute atomic E-state index is 13.6. The van der Waals surface area contributed by atoms with E-state index in [0.717, 1.165) is 33.9 Å². The molecule has 2 rings (SSSR count). The average molecular weight is 400 g/mol. The van der Waals surface area contributed by atoms with Crippen molar-refractivity contribution in [1.29, 1.82) is 0 Å². The molecule has 0 aliphatic heterocycles. The standard InChI is InChI=1S/C17H19BrFNO2S/c1-9-10(2)12(4)17(13(5)11(9)3)23(21,22)20-14-6-7-15(18)16(19)8-14/h6-8,20H,1-5H3. The fourth-order valence-electron chi connectivity index (χ4n) is 2.63. The fraction of sp³-hybridized carbons (Fsp3) is 0.294. The van der Waals surface area contributed by atoms with Gasteiger partial charge in [-0.2, -0.15) is 0 Å². The minimum absolute atomic E-state index is 0.195. The van der Waals surface area contributed by atoms with Crippen molar-refractivity contribution in [2.24, 2.45) is 0 Å². The molecule has 0 aliphatic rings. The van der Waals surface area contributed by atoms with Crippen molar-refractivity contribution in [3.63, 3.8) is 0 Å². The van der Waals surface area contributed by atoms with Gasteiger partial charge in [-0.25, -0.2) is 12.8 Å². The highest BCUT2D eigenvalue weighted by molar-refractivity contribution is 9.10. The second kappa shape index (κ2) is 6.24. The molecular weight excluding hydrogens is 381 g/mol. The van der Waals surface area contributed by atoms with Gasteiger partial charge in [0.05, 0.1) is 15.1 Å². The fourth-order valence-corrected chi connectivity index (χ4v) is 4.53. The Morgan fingerprint density at radius 1 is 0.913 bits per heavy atom. The van der Waals surface area contributed by atoms with Crippen LogP contribution in [0.15, 0.2) is 27.6 Å². The first-order valence-electron chi connectivity index (χ1n) is 7.11. The predicted octanol–water partition coefficient (Wildman–Crippen LogP) is 4.93. The molecule has 0 aromatic heterocycles. The summed E-state index contributed by atoms with van der Waals surface area (Å²) in [6.07, 6.45) is 0. The van der Waals surface area contributed by atoms with Crippen molar-refractivity contribution in [3.8, 4) is 0 Å². The summed E-state index contributed by atoms with van der Waals surface area (Å²) >= 11 is 3.05. The Kier molecular flexibility index (Phi) is 4.87. The minimum Gasteiger partial charge on any atom is -0.280 e. The number of rotatable bonds is 3. The SMILES string of the molecule is Cc1c(C)c(C)c(S(=O)(=O)Nc2ccc(Br)c(F)c2)c(C)c1C. The van der Waals surface area contributed by atoms with Gasteiger partial charge in [0.15, 0.2) is 0 Å². The third-order valence-corrected chi connectivity index (χ3v) is 6.67. The Balaban J connectivity index is 2.58. The third kappa shape index (κ3) is 3.28. The van der Waals surface area contributed by atoms with Crippen LogP contribution in [0, 0.1) is 40.4 Å². The molecule has 2 aromatic rings. The number of benzene rings is 2. The molecule has 0 radical (unpaired) electrons. The molecule has 0 saturated heterocycles. The largest absolute Gasteiger partial charge is 0.280 e. The van der Waals surface area contributed by atoms with E-state index < -0.39 is 15.8 Å². The van der Waals surface area contributed by atoms with E-state index in [1.807, 2.05) is 20.8 Å². The van der Waals surface area contributed by atoms with Crippen molar-refractivity contribution in [2.75, 3.05) is 4.72 Å². The zero-order chi connectivity index (χ0) is 17.5. The van der Waals surface area contributed by atoms with Crippen molar-refractivity contribution in [1.82, 2.24) is 0 Å². The average Bonchev–Trinajstić information content (AvgIpc) is 2.46. The lowest BCUT2D eigenvalue weighted by Gasteiger charge is -2.19. The van der Waals surface area contributed by atoms with Crippen LogP contribution in [0.1, 0.15) is 27.8 Å². The lowest BCUT2D eigenvalue weighted by Crippen LogP contribution is -2.17. The van der Waals surface area contributed by atoms with Gasteiger partial charge < -0.3 is 0 Å². The van der Waals surface area contributed by atoms with Crippen molar-refractivity contribution < 1.29 is 12.8 Å². The van der Waals surface area contributed by atoms with E-state index in [1.54, 1.807) is 13.8 Å². The zero-order valence-electron chi connectivity index (χ0n) is 13.7. The molecule has 23 heavy (non-hydrogen) atoms. The van der Waals surface area contributed by atoms with Gasteiger partial charge in [-0.1, -0.05) is 0 Å². The smallest absolute Gasteiger partial charge is 0.262 e. The van der Waals surface area contributed by atoms with Crippen LogP contribution in [-0.4, -0.2) is 8.42 Å². The maximum atomic E-state index is 13.6. The molecule has 0 fully saturated rings. The van der Waals surface area contributed by atoms with Crippen LogP contribution in [0.3, 0.4) is 0 Å². The highest BCUT2D eigenvalue weighted by Crippen LogP contribution is 2.31. The molecule has 3 nitrogen and oxygen atoms in total. The van der Waals surface area contributed by atoms with Gasteiger partial charge in [0.1, 0.15) is 5.82 Å². The van der Waals surface area contributed by atoms with Crippen LogP contribution in [-0.2, 0) is 10.0 Å². The summed E-state index contributed by atoms with van der Waals surface area (Å²) in [5.74, 6) is -0.519. The second-order valence-corrected chi connectivity index (χ2v) is 8.16. The lowest BCUT2D eigenvalue weighted by molar-refractivity contribution is 0.599. The molecule has 0 unspecified atom stereocenters. The first-order valence-corrected chi connectivity index (χ1v) is 9.38. The van der Waals surface area contributed by atoms with E-state index in [2.05, 4.69) is 20.7 Å². The Labute approximate surface area is 145 Å². The number of nitrogens with one attached hydrogen (secondary N) is 1. The van der Waals surface area contributed by atoms with Crippen LogP contribution in [0.2, 0.25) is 0 Å². The van der Waals surface area contributed by atoms with E-state index >= 15 is 0 Å². The van der Waals surface area contributed by atoms with E-state index in [-0.39, 0.29) is 15.1 Å². The quantitative estimate of drug-likeness (QED) is 0.794. The number of halogens is 2. The van der Waals surface area contributed by atoms with Crippen LogP contribution >= 0.6 is 15.9 Å². The monoisotopic (exact) mass is 399 g/mol. The molecule has 0 amide bonds. The molecule has 6 heteroatoms. The van der Waals surface area contributed by atoms with Crippen molar-refractivity contribution in [3.05, 3.63) is 56.3 Å². The van der Waals surface area contributed by atoms with Gasteiger partial charge >= 0.3 is 0 Å². The predicted molar refractivity (Wildman–Crippen MR) is 95.0 cm³/mol. The van der Waals surface area contributed by atoms with Crippen molar-refractivity contribution >= 4 is 31.6 Å². The highest BCUT2D eigenvalue weighted by Gasteiger charge is 2.24. The molecule has 0 spiro atoms. The van der Waals surface area contributed by atoms with E-state index in [1.165, 1.54) is 12.1 Å². The lowest BCUT2D eigenvalue weighted by atomic mass is 9.95. The molecule has 1 N–H and O–H groups in total. The van der Waals surface area contributed by atoms with Gasteiger partial charge in [0.25, 0.3) is 10.0 Å². The van der Waals surface area contributed by atoms with Crippen LogP contribution in [0.25, 0.3) is 0 Å². The summed E-state index contributed by atoms with van der Waals surface area (Å²) in [7, 11) is -3.80. The second-order valence-electron chi connectivity index (χ2n) is 5.69. The highest BCUT2D eigenvalue weighted by atomic mass is 79.9. The summed E-state index contributed by atoms with van der Waals surface area (Å²) in [6, 6.07) is 4.14. The number of anilines is 1. The normalized spacial score (nSPS) is 11.6. The summed E-state index contributed by atoms with van der Waals surface area (Å²) in [5.41, 5.74) is 4.63. The Bertz CT molecular complexity index is 863. The number of sulfonamides is 1. The molecule has 0 bridgehead atoms. The number of hydrogen-bond donors (Lipinski definition) is 1. The van der Waals surface area contributed by atoms with Crippen LogP contribution in [0.4, 0.5) is 10.1 Å². The molecular formula is C17H19BrFNO2S. The number of hydrogen-bond acceptors (Lipinski definition) is 2. The van der Waals surface area contributed by atoms with Gasteiger partial charge in [-0.05, 0) is 96.6 Å². The first-order chi connectivity index (χ1) is 10.6. The van der Waals surface area contributed by atoms with Crippen LogP contribution < -0.4 is 4.72 Å². The molecule has 0 aliphatic carbocycles. The topological polar surface area (TPSA) is 46.2 Å². The Morgan fingerprint density at radius 2 is 1.39 bits per heavy atom.